The Bertz CT molecular complexity index is 303. The van der Waals surface area contributed by atoms with Crippen molar-refractivity contribution in [2.75, 3.05) is 39.8 Å². The van der Waals surface area contributed by atoms with Crippen LogP contribution in [0.25, 0.3) is 0 Å². The van der Waals surface area contributed by atoms with E-state index in [0.717, 1.165) is 39.0 Å². The zero-order chi connectivity index (χ0) is 14.3. The average Bonchev–Trinajstić information content (AvgIpc) is 2.42. The molecule has 0 aliphatic carbocycles. The van der Waals surface area contributed by atoms with Crippen molar-refractivity contribution in [2.45, 2.75) is 39.7 Å². The zero-order valence-corrected chi connectivity index (χ0v) is 12.9. The van der Waals surface area contributed by atoms with Crippen molar-refractivity contribution >= 4 is 5.91 Å². The second kappa shape index (κ2) is 8.33. The minimum absolute atomic E-state index is 0.189. The zero-order valence-electron chi connectivity index (χ0n) is 12.9. The van der Waals surface area contributed by atoms with Crippen molar-refractivity contribution in [3.8, 4) is 0 Å². The first kappa shape index (κ1) is 16.2. The van der Waals surface area contributed by atoms with Crippen LogP contribution in [0.15, 0.2) is 11.6 Å². The van der Waals surface area contributed by atoms with Crippen molar-refractivity contribution in [1.82, 2.24) is 15.1 Å². The van der Waals surface area contributed by atoms with Gasteiger partial charge in [0.15, 0.2) is 0 Å². The number of likely N-dealkylation sites (N-methyl/N-ethyl adjacent to an activating group) is 1. The fourth-order valence-corrected chi connectivity index (χ4v) is 2.17. The molecule has 0 saturated carbocycles. The first-order chi connectivity index (χ1) is 9.02. The largest absolute Gasteiger partial charge is 0.345 e. The van der Waals surface area contributed by atoms with E-state index in [1.165, 1.54) is 5.57 Å². The topological polar surface area (TPSA) is 35.6 Å². The molecule has 0 unspecified atom stereocenters. The summed E-state index contributed by atoms with van der Waals surface area (Å²) in [6.45, 7) is 10.9. The lowest BCUT2D eigenvalue weighted by molar-refractivity contribution is -0.128. The van der Waals surface area contributed by atoms with E-state index in [1.807, 2.05) is 14.0 Å². The van der Waals surface area contributed by atoms with Gasteiger partial charge in [0.2, 0.25) is 5.91 Å². The molecule has 110 valence electrons. The third-order valence-corrected chi connectivity index (χ3v) is 3.79. The molecule has 1 saturated heterocycles. The van der Waals surface area contributed by atoms with Crippen LogP contribution in [0, 0.1) is 0 Å². The predicted octanol–water partition coefficient (Wildman–Crippen LogP) is 1.48. The lowest BCUT2D eigenvalue weighted by atomic mass is 10.0. The molecule has 0 aromatic carbocycles. The van der Waals surface area contributed by atoms with Gasteiger partial charge in [0.25, 0.3) is 0 Å². The van der Waals surface area contributed by atoms with Crippen molar-refractivity contribution < 1.29 is 4.79 Å². The molecule has 1 heterocycles. The number of piperidine rings is 1. The van der Waals surface area contributed by atoms with E-state index in [2.05, 4.69) is 30.1 Å². The number of hydrogen-bond acceptors (Lipinski definition) is 3. The molecule has 0 spiro atoms. The van der Waals surface area contributed by atoms with Crippen LogP contribution >= 0.6 is 0 Å². The molecular weight excluding hydrogens is 238 g/mol. The van der Waals surface area contributed by atoms with Gasteiger partial charge in [0.1, 0.15) is 0 Å². The van der Waals surface area contributed by atoms with Crippen LogP contribution in [-0.4, -0.2) is 61.5 Å². The normalized spacial score (nSPS) is 17.3. The second-order valence-electron chi connectivity index (χ2n) is 5.65. The summed E-state index contributed by atoms with van der Waals surface area (Å²) >= 11 is 0. The van der Waals surface area contributed by atoms with Gasteiger partial charge in [-0.15, -0.1) is 0 Å². The van der Waals surface area contributed by atoms with Gasteiger partial charge < -0.3 is 10.2 Å². The van der Waals surface area contributed by atoms with Crippen LogP contribution < -0.4 is 5.32 Å². The van der Waals surface area contributed by atoms with Gasteiger partial charge in [-0.1, -0.05) is 11.6 Å². The number of nitrogens with one attached hydrogen (secondary N) is 1. The number of carbonyl (C=O) groups excluding carboxylic acids is 1. The minimum Gasteiger partial charge on any atom is -0.345 e. The van der Waals surface area contributed by atoms with Gasteiger partial charge in [-0.05, 0) is 46.7 Å². The van der Waals surface area contributed by atoms with Crippen LogP contribution in [0.5, 0.6) is 0 Å². The van der Waals surface area contributed by atoms with Crippen molar-refractivity contribution in [1.29, 1.82) is 0 Å². The van der Waals surface area contributed by atoms with Gasteiger partial charge >= 0.3 is 0 Å². The summed E-state index contributed by atoms with van der Waals surface area (Å²) in [7, 11) is 1.85. The fraction of sp³-hybridized carbons (Fsp3) is 0.800. The van der Waals surface area contributed by atoms with E-state index < -0.39 is 0 Å². The number of amides is 1. The molecule has 1 aliphatic heterocycles. The van der Waals surface area contributed by atoms with Gasteiger partial charge in [0, 0.05) is 26.2 Å². The smallest absolute Gasteiger partial charge is 0.236 e. The third-order valence-electron chi connectivity index (χ3n) is 3.79. The average molecular weight is 267 g/mol. The highest BCUT2D eigenvalue weighted by Crippen LogP contribution is 2.10. The van der Waals surface area contributed by atoms with Crippen LogP contribution in [0.2, 0.25) is 0 Å². The Morgan fingerprint density at radius 1 is 1.37 bits per heavy atom. The first-order valence-electron chi connectivity index (χ1n) is 7.36. The summed E-state index contributed by atoms with van der Waals surface area (Å²) in [6.07, 6.45) is 4.56. The van der Waals surface area contributed by atoms with Crippen molar-refractivity contribution in [3.63, 3.8) is 0 Å². The maximum Gasteiger partial charge on any atom is 0.236 e. The van der Waals surface area contributed by atoms with E-state index in [4.69, 9.17) is 0 Å². The summed E-state index contributed by atoms with van der Waals surface area (Å²) in [4.78, 5) is 15.9. The van der Waals surface area contributed by atoms with E-state index >= 15 is 0 Å². The molecule has 0 aromatic heterocycles. The lowest BCUT2D eigenvalue weighted by Crippen LogP contribution is -2.46. The molecule has 1 aliphatic rings. The maximum atomic E-state index is 11.7. The first-order valence-corrected chi connectivity index (χ1v) is 7.36. The molecule has 1 fully saturated rings. The second-order valence-corrected chi connectivity index (χ2v) is 5.65. The molecule has 19 heavy (non-hydrogen) atoms. The van der Waals surface area contributed by atoms with Crippen LogP contribution in [0.4, 0.5) is 0 Å². The SMILES string of the molecule is CCN(C)C(=O)CNC1CCN(CC=C(C)C)CC1. The van der Waals surface area contributed by atoms with Crippen molar-refractivity contribution in [3.05, 3.63) is 11.6 Å². The monoisotopic (exact) mass is 267 g/mol. The molecule has 1 amide bonds. The van der Waals surface area contributed by atoms with Gasteiger partial charge in [0.05, 0.1) is 6.54 Å². The number of nitrogens with zero attached hydrogens (tertiary/aromatic N) is 2. The van der Waals surface area contributed by atoms with Gasteiger partial charge in [-0.2, -0.15) is 0 Å². The number of hydrogen-bond donors (Lipinski definition) is 1. The van der Waals surface area contributed by atoms with Crippen LogP contribution in [-0.2, 0) is 4.79 Å². The number of carbonyl (C=O) groups is 1. The number of rotatable bonds is 6. The van der Waals surface area contributed by atoms with Gasteiger partial charge in [-0.3, -0.25) is 9.69 Å². The molecule has 0 bridgehead atoms. The summed E-state index contributed by atoms with van der Waals surface area (Å²) in [5, 5.41) is 3.39. The molecule has 0 atom stereocenters. The molecule has 0 radical (unpaired) electrons. The highest BCUT2D eigenvalue weighted by molar-refractivity contribution is 5.77. The Balaban J connectivity index is 2.20. The van der Waals surface area contributed by atoms with Gasteiger partial charge in [-0.25, -0.2) is 0 Å². The Morgan fingerprint density at radius 2 is 2.00 bits per heavy atom. The molecule has 4 nitrogen and oxygen atoms in total. The summed E-state index contributed by atoms with van der Waals surface area (Å²) in [6, 6.07) is 0.497. The van der Waals surface area contributed by atoms with E-state index in [-0.39, 0.29) is 5.91 Å². The minimum atomic E-state index is 0.189. The van der Waals surface area contributed by atoms with Crippen molar-refractivity contribution in [2.24, 2.45) is 0 Å². The Morgan fingerprint density at radius 3 is 2.53 bits per heavy atom. The Labute approximate surface area is 117 Å². The highest BCUT2D eigenvalue weighted by Gasteiger charge is 2.19. The fourth-order valence-electron chi connectivity index (χ4n) is 2.17. The van der Waals surface area contributed by atoms with Crippen LogP contribution in [0.3, 0.4) is 0 Å². The number of allylic oxidation sites excluding steroid dienone is 1. The third kappa shape index (κ3) is 6.21. The Hall–Kier alpha value is -0.870. The standard InChI is InChI=1S/C15H29N3O/c1-5-17(4)15(19)12-16-14-7-10-18(11-8-14)9-6-13(2)3/h6,14,16H,5,7-12H2,1-4H3. The highest BCUT2D eigenvalue weighted by atomic mass is 16.2. The molecule has 4 heteroatoms. The number of likely N-dealkylation sites (tertiary alicyclic amines) is 1. The van der Waals surface area contributed by atoms with E-state index in [9.17, 15) is 4.79 Å². The van der Waals surface area contributed by atoms with E-state index in [0.29, 0.717) is 12.6 Å². The quantitative estimate of drug-likeness (QED) is 0.741. The molecule has 0 aromatic rings. The summed E-state index contributed by atoms with van der Waals surface area (Å²) < 4.78 is 0. The molecule has 1 rings (SSSR count). The summed E-state index contributed by atoms with van der Waals surface area (Å²) in [5.74, 6) is 0.189. The maximum absolute atomic E-state index is 11.7. The molecular formula is C15H29N3O. The Kier molecular flexibility index (Phi) is 7.10. The van der Waals surface area contributed by atoms with E-state index in [1.54, 1.807) is 4.90 Å². The summed E-state index contributed by atoms with van der Waals surface area (Å²) in [5.41, 5.74) is 1.38. The van der Waals surface area contributed by atoms with Crippen LogP contribution in [0.1, 0.15) is 33.6 Å². The molecule has 1 N–H and O–H groups in total. The predicted molar refractivity (Wildman–Crippen MR) is 80.2 cm³/mol. The lowest BCUT2D eigenvalue weighted by Gasteiger charge is -2.32.